The molecule has 0 heterocycles. The van der Waals surface area contributed by atoms with E-state index < -0.39 is 11.8 Å². The van der Waals surface area contributed by atoms with Gasteiger partial charge in [-0.25, -0.2) is 0 Å². The lowest BCUT2D eigenvalue weighted by molar-refractivity contribution is -0.139. The molecule has 20 heavy (non-hydrogen) atoms. The van der Waals surface area contributed by atoms with Crippen molar-refractivity contribution in [2.24, 2.45) is 0 Å². The van der Waals surface area contributed by atoms with Crippen LogP contribution in [0.3, 0.4) is 0 Å². The van der Waals surface area contributed by atoms with E-state index >= 15 is 0 Å². The van der Waals surface area contributed by atoms with Gasteiger partial charge in [0, 0.05) is 25.3 Å². The summed E-state index contributed by atoms with van der Waals surface area (Å²) in [4.78, 5) is 23.2. The minimum absolute atomic E-state index is 0.218. The number of carbonyl (C=O) groups excluding carboxylic acids is 2. The van der Waals surface area contributed by atoms with Crippen LogP contribution in [0.15, 0.2) is 24.3 Å². The topological polar surface area (TPSA) is 76.7 Å². The van der Waals surface area contributed by atoms with E-state index in [1.807, 2.05) is 18.2 Å². The highest BCUT2D eigenvalue weighted by atomic mass is 16.5. The van der Waals surface area contributed by atoms with Crippen LogP contribution in [0.5, 0.6) is 5.75 Å². The summed E-state index contributed by atoms with van der Waals surface area (Å²) in [6.45, 7) is 2.34. The summed E-state index contributed by atoms with van der Waals surface area (Å²) >= 11 is 0. The van der Waals surface area contributed by atoms with Crippen LogP contribution >= 0.6 is 0 Å². The Labute approximate surface area is 118 Å². The number of para-hydroxylation sites is 1. The van der Waals surface area contributed by atoms with Crippen LogP contribution < -0.4 is 15.4 Å². The highest BCUT2D eigenvalue weighted by molar-refractivity contribution is 6.35. The Bertz CT molecular complexity index is 462. The van der Waals surface area contributed by atoms with Crippen molar-refractivity contribution >= 4 is 11.8 Å². The van der Waals surface area contributed by atoms with Crippen molar-refractivity contribution in [3.63, 3.8) is 0 Å². The number of ether oxygens (including phenoxy) is 2. The van der Waals surface area contributed by atoms with Crippen molar-refractivity contribution < 1.29 is 19.1 Å². The molecule has 0 aliphatic carbocycles. The van der Waals surface area contributed by atoms with Crippen LogP contribution in [0.25, 0.3) is 0 Å². The van der Waals surface area contributed by atoms with E-state index in [-0.39, 0.29) is 12.6 Å². The average molecular weight is 280 g/mol. The van der Waals surface area contributed by atoms with Gasteiger partial charge in [0.1, 0.15) is 5.75 Å². The van der Waals surface area contributed by atoms with Gasteiger partial charge < -0.3 is 20.1 Å². The molecule has 0 aliphatic rings. The van der Waals surface area contributed by atoms with Gasteiger partial charge in [-0.05, 0) is 13.0 Å². The van der Waals surface area contributed by atoms with Gasteiger partial charge in [0.05, 0.1) is 13.7 Å². The van der Waals surface area contributed by atoms with Gasteiger partial charge in [0.2, 0.25) is 0 Å². The predicted molar refractivity (Wildman–Crippen MR) is 74.3 cm³/mol. The number of carbonyl (C=O) groups is 2. The minimum atomic E-state index is -0.682. The molecule has 0 radical (unpaired) electrons. The zero-order valence-electron chi connectivity index (χ0n) is 11.9. The molecule has 0 bridgehead atoms. The summed E-state index contributed by atoms with van der Waals surface area (Å²) in [6.07, 6.45) is 0. The fourth-order valence-electron chi connectivity index (χ4n) is 1.69. The molecule has 1 unspecified atom stereocenters. The number of benzene rings is 1. The summed E-state index contributed by atoms with van der Waals surface area (Å²) in [5.41, 5.74) is 0.807. The first-order valence-electron chi connectivity index (χ1n) is 6.28. The Morgan fingerprint density at radius 1 is 1.20 bits per heavy atom. The van der Waals surface area contributed by atoms with Crippen LogP contribution in [0.1, 0.15) is 12.5 Å². The fourth-order valence-corrected chi connectivity index (χ4v) is 1.69. The van der Waals surface area contributed by atoms with Crippen molar-refractivity contribution in [3.05, 3.63) is 29.8 Å². The zero-order valence-corrected chi connectivity index (χ0v) is 11.9. The van der Waals surface area contributed by atoms with Crippen molar-refractivity contribution in [2.45, 2.75) is 19.5 Å². The van der Waals surface area contributed by atoms with Crippen LogP contribution in [-0.4, -0.2) is 38.7 Å². The van der Waals surface area contributed by atoms with Crippen LogP contribution in [0, 0.1) is 0 Å². The van der Waals surface area contributed by atoms with Gasteiger partial charge >= 0.3 is 11.8 Å². The van der Waals surface area contributed by atoms with Crippen molar-refractivity contribution in [3.8, 4) is 5.75 Å². The summed E-state index contributed by atoms with van der Waals surface area (Å²) < 4.78 is 10.0. The monoisotopic (exact) mass is 280 g/mol. The zero-order chi connectivity index (χ0) is 15.0. The van der Waals surface area contributed by atoms with E-state index in [4.69, 9.17) is 9.47 Å². The van der Waals surface area contributed by atoms with E-state index in [2.05, 4.69) is 10.6 Å². The van der Waals surface area contributed by atoms with Gasteiger partial charge in [-0.2, -0.15) is 0 Å². The van der Waals surface area contributed by atoms with Crippen LogP contribution in [-0.2, 0) is 20.9 Å². The number of hydrogen-bond donors (Lipinski definition) is 2. The Hall–Kier alpha value is -2.08. The maximum atomic E-state index is 11.7. The molecule has 110 valence electrons. The Morgan fingerprint density at radius 2 is 1.90 bits per heavy atom. The molecule has 0 saturated heterocycles. The molecule has 0 fully saturated rings. The minimum Gasteiger partial charge on any atom is -0.496 e. The number of amides is 2. The van der Waals surface area contributed by atoms with E-state index in [0.29, 0.717) is 12.4 Å². The second-order valence-corrected chi connectivity index (χ2v) is 4.32. The quantitative estimate of drug-likeness (QED) is 0.742. The summed E-state index contributed by atoms with van der Waals surface area (Å²) in [7, 11) is 3.09. The van der Waals surface area contributed by atoms with E-state index in [1.165, 1.54) is 7.11 Å². The molecular formula is C14H20N2O4. The third-order valence-electron chi connectivity index (χ3n) is 2.63. The molecular weight excluding hydrogens is 260 g/mol. The van der Waals surface area contributed by atoms with Crippen LogP contribution in [0.2, 0.25) is 0 Å². The first kappa shape index (κ1) is 16.0. The molecule has 2 amide bonds. The molecule has 0 spiro atoms. The predicted octanol–water partition coefficient (Wildman–Crippen LogP) is 0.463. The second kappa shape index (κ2) is 8.16. The molecule has 1 rings (SSSR count). The maximum absolute atomic E-state index is 11.7. The normalized spacial score (nSPS) is 11.6. The molecule has 6 heteroatoms. The molecule has 0 aromatic heterocycles. The highest BCUT2D eigenvalue weighted by Crippen LogP contribution is 2.16. The molecule has 2 N–H and O–H groups in total. The van der Waals surface area contributed by atoms with Gasteiger partial charge in [0.25, 0.3) is 0 Å². The summed E-state index contributed by atoms with van der Waals surface area (Å²) in [5, 5.41) is 5.09. The number of hydrogen-bond acceptors (Lipinski definition) is 4. The first-order chi connectivity index (χ1) is 9.58. The van der Waals surface area contributed by atoms with Crippen molar-refractivity contribution in [1.29, 1.82) is 0 Å². The van der Waals surface area contributed by atoms with Gasteiger partial charge in [-0.3, -0.25) is 9.59 Å². The van der Waals surface area contributed by atoms with E-state index in [0.717, 1.165) is 5.56 Å². The second-order valence-electron chi connectivity index (χ2n) is 4.32. The fraction of sp³-hybridized carbons (Fsp3) is 0.429. The van der Waals surface area contributed by atoms with E-state index in [1.54, 1.807) is 20.1 Å². The van der Waals surface area contributed by atoms with Gasteiger partial charge in [-0.15, -0.1) is 0 Å². The van der Waals surface area contributed by atoms with Gasteiger partial charge in [0.15, 0.2) is 0 Å². The highest BCUT2D eigenvalue weighted by Gasteiger charge is 2.16. The lowest BCUT2D eigenvalue weighted by Gasteiger charge is -2.13. The summed E-state index contributed by atoms with van der Waals surface area (Å²) in [6, 6.07) is 7.07. The maximum Gasteiger partial charge on any atom is 0.309 e. The smallest absolute Gasteiger partial charge is 0.309 e. The van der Waals surface area contributed by atoms with Crippen molar-refractivity contribution in [1.82, 2.24) is 10.6 Å². The molecule has 6 nitrogen and oxygen atoms in total. The molecule has 1 atom stereocenters. The SMILES string of the molecule is COCC(C)NC(=O)C(=O)NCc1ccccc1OC. The third kappa shape index (κ3) is 4.89. The lowest BCUT2D eigenvalue weighted by atomic mass is 10.2. The van der Waals surface area contributed by atoms with Crippen LogP contribution in [0.4, 0.5) is 0 Å². The average Bonchev–Trinajstić information content (AvgIpc) is 2.45. The number of methoxy groups -OCH3 is 2. The lowest BCUT2D eigenvalue weighted by Crippen LogP contribution is -2.44. The Morgan fingerprint density at radius 3 is 2.55 bits per heavy atom. The van der Waals surface area contributed by atoms with Crippen molar-refractivity contribution in [2.75, 3.05) is 20.8 Å². The Balaban J connectivity index is 2.48. The largest absolute Gasteiger partial charge is 0.496 e. The van der Waals surface area contributed by atoms with E-state index in [9.17, 15) is 9.59 Å². The summed E-state index contributed by atoms with van der Waals surface area (Å²) in [5.74, 6) is -0.690. The molecule has 1 aromatic rings. The number of nitrogens with one attached hydrogen (secondary N) is 2. The first-order valence-corrected chi connectivity index (χ1v) is 6.28. The standard InChI is InChI=1S/C14H20N2O4/c1-10(9-19-2)16-14(18)13(17)15-8-11-6-4-5-7-12(11)20-3/h4-7,10H,8-9H2,1-3H3,(H,15,17)(H,16,18). The third-order valence-corrected chi connectivity index (χ3v) is 2.63. The molecule has 1 aromatic carbocycles. The molecule has 0 aliphatic heterocycles. The van der Waals surface area contributed by atoms with Gasteiger partial charge in [-0.1, -0.05) is 18.2 Å². The molecule has 0 saturated carbocycles. The number of rotatable bonds is 6. The Kier molecular flexibility index (Phi) is 6.52.